The molecule has 1 unspecified atom stereocenters. The quantitative estimate of drug-likeness (QED) is 0.700. The molecule has 1 saturated carbocycles. The smallest absolute Gasteiger partial charge is 0.319 e. The summed E-state index contributed by atoms with van der Waals surface area (Å²) in [5, 5.41) is 0. The maximum atomic E-state index is 11.6. The highest BCUT2D eigenvalue weighted by Gasteiger charge is 2.26. The standard InChI is InChI=1S/C16H30N2O2/c1-17-11-6-5-7-14(17)10-12-18(13-16(19)20-2)15-8-3-4-9-15/h14-15H,3-13H2,1-2H3. The Hall–Kier alpha value is -0.610. The number of carbonyl (C=O) groups is 1. The molecular formula is C16H30N2O2. The van der Waals surface area contributed by atoms with Gasteiger partial charge in [-0.1, -0.05) is 19.3 Å². The Labute approximate surface area is 123 Å². The van der Waals surface area contributed by atoms with Gasteiger partial charge >= 0.3 is 5.97 Å². The van der Waals surface area contributed by atoms with E-state index in [1.54, 1.807) is 0 Å². The predicted octanol–water partition coefficient (Wildman–Crippen LogP) is 2.28. The van der Waals surface area contributed by atoms with Gasteiger partial charge in [0, 0.05) is 18.6 Å². The van der Waals surface area contributed by atoms with Crippen molar-refractivity contribution >= 4 is 5.97 Å². The zero-order valence-electron chi connectivity index (χ0n) is 13.1. The van der Waals surface area contributed by atoms with Gasteiger partial charge in [-0.15, -0.1) is 0 Å². The van der Waals surface area contributed by atoms with Gasteiger partial charge in [0.1, 0.15) is 0 Å². The van der Waals surface area contributed by atoms with E-state index in [9.17, 15) is 4.79 Å². The molecular weight excluding hydrogens is 252 g/mol. The van der Waals surface area contributed by atoms with Crippen molar-refractivity contribution in [2.24, 2.45) is 0 Å². The van der Waals surface area contributed by atoms with Crippen molar-refractivity contribution in [2.45, 2.75) is 63.5 Å². The lowest BCUT2D eigenvalue weighted by Crippen LogP contribution is -2.43. The van der Waals surface area contributed by atoms with E-state index in [1.165, 1.54) is 65.0 Å². The first-order chi connectivity index (χ1) is 9.70. The van der Waals surface area contributed by atoms with Crippen LogP contribution >= 0.6 is 0 Å². The van der Waals surface area contributed by atoms with Crippen molar-refractivity contribution < 1.29 is 9.53 Å². The molecule has 1 aliphatic carbocycles. The Bertz CT molecular complexity index is 303. The van der Waals surface area contributed by atoms with Crippen LogP contribution in [0.2, 0.25) is 0 Å². The van der Waals surface area contributed by atoms with Crippen LogP contribution in [0.4, 0.5) is 0 Å². The first-order valence-electron chi connectivity index (χ1n) is 8.22. The lowest BCUT2D eigenvalue weighted by atomic mass is 9.99. The summed E-state index contributed by atoms with van der Waals surface area (Å²) in [4.78, 5) is 16.5. The molecule has 0 N–H and O–H groups in total. The monoisotopic (exact) mass is 282 g/mol. The lowest BCUT2D eigenvalue weighted by Gasteiger charge is -2.35. The lowest BCUT2D eigenvalue weighted by molar-refractivity contribution is -0.142. The number of hydrogen-bond acceptors (Lipinski definition) is 4. The first-order valence-corrected chi connectivity index (χ1v) is 8.22. The molecule has 116 valence electrons. The van der Waals surface area contributed by atoms with Gasteiger partial charge in [0.15, 0.2) is 0 Å². The summed E-state index contributed by atoms with van der Waals surface area (Å²) >= 11 is 0. The molecule has 1 saturated heterocycles. The predicted molar refractivity (Wildman–Crippen MR) is 80.7 cm³/mol. The molecule has 1 heterocycles. The number of nitrogens with zero attached hydrogens (tertiary/aromatic N) is 2. The van der Waals surface area contributed by atoms with Gasteiger partial charge in [0.25, 0.3) is 0 Å². The fraction of sp³-hybridized carbons (Fsp3) is 0.938. The third-order valence-corrected chi connectivity index (χ3v) is 5.07. The van der Waals surface area contributed by atoms with E-state index in [0.717, 1.165) is 6.54 Å². The highest BCUT2D eigenvalue weighted by atomic mass is 16.5. The average Bonchev–Trinajstić information content (AvgIpc) is 2.98. The Morgan fingerprint density at radius 2 is 1.90 bits per heavy atom. The molecule has 0 bridgehead atoms. The summed E-state index contributed by atoms with van der Waals surface area (Å²) in [5.41, 5.74) is 0. The maximum Gasteiger partial charge on any atom is 0.319 e. The molecule has 2 fully saturated rings. The Morgan fingerprint density at radius 3 is 2.55 bits per heavy atom. The van der Waals surface area contributed by atoms with Crippen molar-refractivity contribution in [3.63, 3.8) is 0 Å². The van der Waals surface area contributed by atoms with Crippen molar-refractivity contribution in [1.82, 2.24) is 9.80 Å². The fourth-order valence-corrected chi connectivity index (χ4v) is 3.71. The number of piperidine rings is 1. The van der Waals surface area contributed by atoms with E-state index in [0.29, 0.717) is 18.6 Å². The second kappa shape index (κ2) is 7.99. The van der Waals surface area contributed by atoms with Crippen LogP contribution in [0.25, 0.3) is 0 Å². The first kappa shape index (κ1) is 15.8. The second-order valence-electron chi connectivity index (χ2n) is 6.40. The van der Waals surface area contributed by atoms with Crippen LogP contribution in [-0.2, 0) is 9.53 Å². The Kier molecular flexibility index (Phi) is 6.30. The molecule has 4 heteroatoms. The van der Waals surface area contributed by atoms with Crippen molar-refractivity contribution in [3.8, 4) is 0 Å². The largest absolute Gasteiger partial charge is 0.468 e. The van der Waals surface area contributed by atoms with Gasteiger partial charge in [0.2, 0.25) is 0 Å². The molecule has 0 spiro atoms. The molecule has 0 amide bonds. The molecule has 0 radical (unpaired) electrons. The molecule has 2 rings (SSSR count). The topological polar surface area (TPSA) is 32.8 Å². The van der Waals surface area contributed by atoms with Crippen LogP contribution in [0, 0.1) is 0 Å². The second-order valence-corrected chi connectivity index (χ2v) is 6.40. The van der Waals surface area contributed by atoms with E-state index >= 15 is 0 Å². The molecule has 0 aromatic rings. The van der Waals surface area contributed by atoms with Crippen molar-refractivity contribution in [2.75, 3.05) is 33.8 Å². The minimum absolute atomic E-state index is 0.0890. The van der Waals surface area contributed by atoms with Gasteiger partial charge in [-0.05, 0) is 45.7 Å². The maximum absolute atomic E-state index is 11.6. The minimum atomic E-state index is -0.0890. The molecule has 0 aromatic carbocycles. The van der Waals surface area contributed by atoms with Crippen LogP contribution in [0.5, 0.6) is 0 Å². The van der Waals surface area contributed by atoms with E-state index in [-0.39, 0.29) is 5.97 Å². The van der Waals surface area contributed by atoms with Crippen LogP contribution in [0.15, 0.2) is 0 Å². The van der Waals surface area contributed by atoms with Crippen LogP contribution in [0.3, 0.4) is 0 Å². The Morgan fingerprint density at radius 1 is 1.20 bits per heavy atom. The molecule has 0 aromatic heterocycles. The summed E-state index contributed by atoms with van der Waals surface area (Å²) in [6.07, 6.45) is 10.3. The summed E-state index contributed by atoms with van der Waals surface area (Å²) in [6, 6.07) is 1.30. The van der Waals surface area contributed by atoms with Gasteiger partial charge in [-0.2, -0.15) is 0 Å². The van der Waals surface area contributed by atoms with E-state index in [2.05, 4.69) is 16.8 Å². The fourth-order valence-electron chi connectivity index (χ4n) is 3.71. The molecule has 4 nitrogen and oxygen atoms in total. The summed E-state index contributed by atoms with van der Waals surface area (Å²) in [7, 11) is 3.73. The number of methoxy groups -OCH3 is 1. The highest BCUT2D eigenvalue weighted by molar-refractivity contribution is 5.71. The van der Waals surface area contributed by atoms with E-state index in [1.807, 2.05) is 0 Å². The average molecular weight is 282 g/mol. The van der Waals surface area contributed by atoms with Crippen LogP contribution in [0.1, 0.15) is 51.4 Å². The molecule has 2 aliphatic rings. The number of carbonyl (C=O) groups excluding carboxylic acids is 1. The van der Waals surface area contributed by atoms with Gasteiger partial charge in [0.05, 0.1) is 13.7 Å². The van der Waals surface area contributed by atoms with Crippen molar-refractivity contribution in [1.29, 1.82) is 0 Å². The zero-order chi connectivity index (χ0) is 14.4. The highest BCUT2D eigenvalue weighted by Crippen LogP contribution is 2.25. The van der Waals surface area contributed by atoms with Crippen LogP contribution < -0.4 is 0 Å². The van der Waals surface area contributed by atoms with Gasteiger partial charge in [-0.3, -0.25) is 9.69 Å². The number of ether oxygens (including phenoxy) is 1. The molecule has 1 aliphatic heterocycles. The molecule has 1 atom stereocenters. The summed E-state index contributed by atoms with van der Waals surface area (Å²) in [6.45, 7) is 2.73. The zero-order valence-corrected chi connectivity index (χ0v) is 13.1. The SMILES string of the molecule is COC(=O)CN(CCC1CCCCN1C)C1CCCC1. The number of hydrogen-bond donors (Lipinski definition) is 0. The third-order valence-electron chi connectivity index (χ3n) is 5.07. The van der Waals surface area contributed by atoms with Crippen LogP contribution in [-0.4, -0.2) is 61.6 Å². The van der Waals surface area contributed by atoms with E-state index in [4.69, 9.17) is 4.74 Å². The number of esters is 1. The Balaban J connectivity index is 1.84. The third kappa shape index (κ3) is 4.45. The molecule has 20 heavy (non-hydrogen) atoms. The number of rotatable bonds is 6. The van der Waals surface area contributed by atoms with Crippen molar-refractivity contribution in [3.05, 3.63) is 0 Å². The normalized spacial score (nSPS) is 25.2. The summed E-state index contributed by atoms with van der Waals surface area (Å²) in [5.74, 6) is -0.0890. The minimum Gasteiger partial charge on any atom is -0.468 e. The van der Waals surface area contributed by atoms with E-state index < -0.39 is 0 Å². The van der Waals surface area contributed by atoms with Gasteiger partial charge < -0.3 is 9.64 Å². The number of likely N-dealkylation sites (tertiary alicyclic amines) is 1. The summed E-state index contributed by atoms with van der Waals surface area (Å²) < 4.78 is 4.86. The van der Waals surface area contributed by atoms with Gasteiger partial charge in [-0.25, -0.2) is 0 Å².